The van der Waals surface area contributed by atoms with E-state index in [1.54, 1.807) is 0 Å². The summed E-state index contributed by atoms with van der Waals surface area (Å²) in [6.07, 6.45) is 1.85. The molecule has 1 fully saturated rings. The van der Waals surface area contributed by atoms with E-state index >= 15 is 0 Å². The van der Waals surface area contributed by atoms with E-state index in [1.807, 2.05) is 18.7 Å². The lowest BCUT2D eigenvalue weighted by molar-refractivity contribution is -0.125. The summed E-state index contributed by atoms with van der Waals surface area (Å²) in [5.41, 5.74) is 7.12. The summed E-state index contributed by atoms with van der Waals surface area (Å²) in [6.45, 7) is 6.30. The summed E-state index contributed by atoms with van der Waals surface area (Å²) in [5.74, 6) is 0.655. The van der Waals surface area contributed by atoms with Crippen LogP contribution in [0, 0.1) is 19.8 Å². The fourth-order valence-electron chi connectivity index (χ4n) is 2.29. The van der Waals surface area contributed by atoms with Gasteiger partial charge in [-0.05, 0) is 26.7 Å². The maximum absolute atomic E-state index is 12.0. The van der Waals surface area contributed by atoms with Crippen molar-refractivity contribution < 1.29 is 4.79 Å². The molecule has 1 aromatic heterocycles. The van der Waals surface area contributed by atoms with Crippen molar-refractivity contribution in [2.75, 3.05) is 31.1 Å². The maximum Gasteiger partial charge on any atom is 0.245 e. The number of carbonyl (C=O) groups is 1. The van der Waals surface area contributed by atoms with Crippen molar-refractivity contribution in [1.29, 1.82) is 0 Å². The normalized spacial score (nSPS) is 18.9. The van der Waals surface area contributed by atoms with Gasteiger partial charge in [0.05, 0.1) is 17.3 Å². The highest BCUT2D eigenvalue weighted by atomic mass is 16.1. The number of hydrogen-bond donors (Lipinski definition) is 2. The predicted molar refractivity (Wildman–Crippen MR) is 76.3 cm³/mol. The molecule has 0 aromatic carbocycles. The number of nitrogens with two attached hydrogens (primary N) is 1. The van der Waals surface area contributed by atoms with Gasteiger partial charge in [-0.3, -0.25) is 4.79 Å². The molecule has 0 saturated carbocycles. The van der Waals surface area contributed by atoms with E-state index < -0.39 is 0 Å². The summed E-state index contributed by atoms with van der Waals surface area (Å²) in [4.78, 5) is 18.5. The lowest BCUT2D eigenvalue weighted by atomic mass is 9.97. The molecule has 1 amide bonds. The largest absolute Gasteiger partial charge is 0.355 e. The fourth-order valence-corrected chi connectivity index (χ4v) is 2.29. The quantitative estimate of drug-likeness (QED) is 0.790. The van der Waals surface area contributed by atoms with Crippen LogP contribution in [0.4, 0.5) is 5.95 Å². The third kappa shape index (κ3) is 3.41. The monoisotopic (exact) mass is 278 g/mol. The molecule has 1 aliphatic rings. The van der Waals surface area contributed by atoms with Gasteiger partial charge in [-0.25, -0.2) is 4.98 Å². The molecule has 0 spiro atoms. The van der Waals surface area contributed by atoms with Crippen molar-refractivity contribution in [2.24, 2.45) is 11.7 Å². The minimum Gasteiger partial charge on any atom is -0.355 e. The molecule has 0 bridgehead atoms. The van der Waals surface area contributed by atoms with Crippen LogP contribution in [0.15, 0.2) is 0 Å². The molecule has 0 aliphatic carbocycles. The number of carbonyl (C=O) groups excluding carboxylic acids is 1. The zero-order valence-electron chi connectivity index (χ0n) is 12.1. The van der Waals surface area contributed by atoms with Gasteiger partial charge < -0.3 is 16.0 Å². The van der Waals surface area contributed by atoms with E-state index in [0.717, 1.165) is 30.8 Å². The van der Waals surface area contributed by atoms with Gasteiger partial charge >= 0.3 is 0 Å². The summed E-state index contributed by atoms with van der Waals surface area (Å²) < 4.78 is 0. The van der Waals surface area contributed by atoms with Gasteiger partial charge in [0.1, 0.15) is 0 Å². The van der Waals surface area contributed by atoms with E-state index in [9.17, 15) is 4.79 Å². The third-order valence-electron chi connectivity index (χ3n) is 3.60. The van der Waals surface area contributed by atoms with Crippen molar-refractivity contribution in [3.8, 4) is 0 Å². The number of amides is 1. The molecule has 2 rings (SSSR count). The average molecular weight is 278 g/mol. The first kappa shape index (κ1) is 14.6. The van der Waals surface area contributed by atoms with E-state index in [1.165, 1.54) is 0 Å². The minimum atomic E-state index is -0.0273. The van der Waals surface area contributed by atoms with Crippen molar-refractivity contribution in [3.05, 3.63) is 11.4 Å². The van der Waals surface area contributed by atoms with E-state index in [2.05, 4.69) is 20.5 Å². The third-order valence-corrected chi connectivity index (χ3v) is 3.60. The molecular formula is C13H22N6O. The smallest absolute Gasteiger partial charge is 0.245 e. The second kappa shape index (κ2) is 6.60. The van der Waals surface area contributed by atoms with Crippen LogP contribution in [0.2, 0.25) is 0 Å². The van der Waals surface area contributed by atoms with Gasteiger partial charge in [0.25, 0.3) is 0 Å². The number of aromatic nitrogens is 3. The van der Waals surface area contributed by atoms with E-state index in [0.29, 0.717) is 25.6 Å². The van der Waals surface area contributed by atoms with Gasteiger partial charge in [0.2, 0.25) is 11.9 Å². The fraction of sp³-hybridized carbons (Fsp3) is 0.692. The number of rotatable bonds is 4. The van der Waals surface area contributed by atoms with Crippen LogP contribution in [-0.2, 0) is 4.79 Å². The second-order valence-corrected chi connectivity index (χ2v) is 5.15. The first-order chi connectivity index (χ1) is 9.61. The Kier molecular flexibility index (Phi) is 4.84. The summed E-state index contributed by atoms with van der Waals surface area (Å²) in [5, 5.41) is 11.1. The highest BCUT2D eigenvalue weighted by Gasteiger charge is 2.27. The number of piperidine rings is 1. The molecule has 1 atom stereocenters. The Morgan fingerprint density at radius 3 is 2.90 bits per heavy atom. The molecule has 3 N–H and O–H groups in total. The Morgan fingerprint density at radius 2 is 2.20 bits per heavy atom. The lowest BCUT2D eigenvalue weighted by Crippen LogP contribution is -2.44. The summed E-state index contributed by atoms with van der Waals surface area (Å²) >= 11 is 0. The van der Waals surface area contributed by atoms with Crippen molar-refractivity contribution in [3.63, 3.8) is 0 Å². The Balaban J connectivity index is 2.02. The predicted octanol–water partition coefficient (Wildman–Crippen LogP) is -0.220. The van der Waals surface area contributed by atoms with Gasteiger partial charge in [-0.2, -0.15) is 5.10 Å². The SMILES string of the molecule is Cc1nnc(N2CCCC(C(=O)NCCN)C2)nc1C. The first-order valence-electron chi connectivity index (χ1n) is 7.02. The van der Waals surface area contributed by atoms with Crippen LogP contribution < -0.4 is 16.0 Å². The number of nitrogens with zero attached hydrogens (tertiary/aromatic N) is 4. The van der Waals surface area contributed by atoms with Crippen LogP contribution in [0.1, 0.15) is 24.2 Å². The molecule has 20 heavy (non-hydrogen) atoms. The van der Waals surface area contributed by atoms with Crippen LogP contribution in [0.25, 0.3) is 0 Å². The molecular weight excluding hydrogens is 256 g/mol. The van der Waals surface area contributed by atoms with Crippen molar-refractivity contribution >= 4 is 11.9 Å². The summed E-state index contributed by atoms with van der Waals surface area (Å²) in [6, 6.07) is 0. The van der Waals surface area contributed by atoms with Crippen LogP contribution in [0.3, 0.4) is 0 Å². The summed E-state index contributed by atoms with van der Waals surface area (Å²) in [7, 11) is 0. The standard InChI is InChI=1S/C13H22N6O/c1-9-10(2)17-18-13(16-9)19-7-3-4-11(8-19)12(20)15-6-5-14/h11H,3-8,14H2,1-2H3,(H,15,20). The first-order valence-corrected chi connectivity index (χ1v) is 7.02. The molecule has 7 nitrogen and oxygen atoms in total. The van der Waals surface area contributed by atoms with Gasteiger partial charge in [-0.15, -0.1) is 5.10 Å². The van der Waals surface area contributed by atoms with Crippen LogP contribution in [-0.4, -0.2) is 47.3 Å². The number of nitrogens with one attached hydrogen (secondary N) is 1. The van der Waals surface area contributed by atoms with E-state index in [4.69, 9.17) is 5.73 Å². The molecule has 1 aromatic rings. The maximum atomic E-state index is 12.0. The number of aryl methyl sites for hydroxylation is 2. The van der Waals surface area contributed by atoms with Crippen LogP contribution in [0.5, 0.6) is 0 Å². The Bertz CT molecular complexity index is 478. The van der Waals surface area contributed by atoms with Crippen molar-refractivity contribution in [2.45, 2.75) is 26.7 Å². The average Bonchev–Trinajstić information content (AvgIpc) is 2.47. The zero-order valence-corrected chi connectivity index (χ0v) is 12.1. The number of hydrogen-bond acceptors (Lipinski definition) is 6. The second-order valence-electron chi connectivity index (χ2n) is 5.15. The minimum absolute atomic E-state index is 0.0273. The lowest BCUT2D eigenvalue weighted by Gasteiger charge is -2.31. The topological polar surface area (TPSA) is 97.0 Å². The van der Waals surface area contributed by atoms with Crippen molar-refractivity contribution in [1.82, 2.24) is 20.5 Å². The zero-order chi connectivity index (χ0) is 14.5. The molecule has 0 radical (unpaired) electrons. The van der Waals surface area contributed by atoms with Gasteiger partial charge in [0.15, 0.2) is 0 Å². The van der Waals surface area contributed by atoms with E-state index in [-0.39, 0.29) is 11.8 Å². The number of anilines is 1. The Morgan fingerprint density at radius 1 is 1.40 bits per heavy atom. The highest BCUT2D eigenvalue weighted by Crippen LogP contribution is 2.20. The molecule has 110 valence electrons. The molecule has 1 unspecified atom stereocenters. The van der Waals surface area contributed by atoms with Crippen LogP contribution >= 0.6 is 0 Å². The Labute approximate surface area is 119 Å². The molecule has 1 aliphatic heterocycles. The molecule has 7 heteroatoms. The van der Waals surface area contributed by atoms with Gasteiger partial charge in [0, 0.05) is 26.2 Å². The highest BCUT2D eigenvalue weighted by molar-refractivity contribution is 5.79. The molecule has 1 saturated heterocycles. The Hall–Kier alpha value is -1.76. The van der Waals surface area contributed by atoms with Gasteiger partial charge in [-0.1, -0.05) is 0 Å². The molecule has 2 heterocycles.